The van der Waals surface area contributed by atoms with E-state index in [4.69, 9.17) is 12.2 Å². The van der Waals surface area contributed by atoms with Crippen molar-refractivity contribution in [3.63, 3.8) is 0 Å². The van der Waals surface area contributed by atoms with E-state index in [1.165, 1.54) is 12.1 Å². The molecule has 4 heteroatoms. The van der Waals surface area contributed by atoms with Crippen molar-refractivity contribution < 1.29 is 0 Å². The highest BCUT2D eigenvalue weighted by Crippen LogP contribution is 2.17. The summed E-state index contributed by atoms with van der Waals surface area (Å²) in [6.45, 7) is 9.50. The Balaban J connectivity index is 2.50. The number of anilines is 2. The number of hydrogen-bond donors (Lipinski definition) is 2. The van der Waals surface area contributed by atoms with E-state index < -0.39 is 0 Å². The zero-order valence-corrected chi connectivity index (χ0v) is 13.0. The largest absolute Gasteiger partial charge is 0.372 e. The normalized spacial score (nSPS) is 10.1. The van der Waals surface area contributed by atoms with Gasteiger partial charge in [0.05, 0.1) is 0 Å². The summed E-state index contributed by atoms with van der Waals surface area (Å²) < 4.78 is 0. The van der Waals surface area contributed by atoms with Crippen LogP contribution in [0.4, 0.5) is 11.4 Å². The highest BCUT2D eigenvalue weighted by Gasteiger charge is 2.02. The summed E-state index contributed by atoms with van der Waals surface area (Å²) in [6, 6.07) is 8.40. The fourth-order valence-corrected chi connectivity index (χ4v) is 2.12. The summed E-state index contributed by atoms with van der Waals surface area (Å²) >= 11 is 5.25. The van der Waals surface area contributed by atoms with Crippen LogP contribution in [-0.2, 0) is 0 Å². The zero-order valence-electron chi connectivity index (χ0n) is 12.2. The monoisotopic (exact) mass is 279 g/mol. The standard InChI is InChI=1S/C15H25N3S/c1-4-7-12-16-15(19)17-13-8-10-14(11-9-13)18(5-2)6-3/h8-11H,4-7,12H2,1-3H3,(H2,16,17,19). The summed E-state index contributed by atoms with van der Waals surface area (Å²) in [6.07, 6.45) is 2.32. The predicted molar refractivity (Wildman–Crippen MR) is 89.1 cm³/mol. The van der Waals surface area contributed by atoms with Gasteiger partial charge in [0.2, 0.25) is 0 Å². The van der Waals surface area contributed by atoms with Crippen molar-refractivity contribution in [2.45, 2.75) is 33.6 Å². The van der Waals surface area contributed by atoms with Gasteiger partial charge in [-0.05, 0) is 56.8 Å². The molecule has 0 saturated carbocycles. The lowest BCUT2D eigenvalue weighted by Gasteiger charge is -2.21. The second kappa shape index (κ2) is 8.75. The van der Waals surface area contributed by atoms with Gasteiger partial charge >= 0.3 is 0 Å². The highest BCUT2D eigenvalue weighted by atomic mass is 32.1. The maximum atomic E-state index is 5.25. The molecule has 1 rings (SSSR count). The van der Waals surface area contributed by atoms with E-state index in [1.54, 1.807) is 0 Å². The number of nitrogens with zero attached hydrogens (tertiary/aromatic N) is 1. The average molecular weight is 279 g/mol. The van der Waals surface area contributed by atoms with Crippen LogP contribution in [0.5, 0.6) is 0 Å². The highest BCUT2D eigenvalue weighted by molar-refractivity contribution is 7.80. The Labute approximate surface area is 122 Å². The molecule has 0 heterocycles. The molecule has 0 amide bonds. The molecule has 0 radical (unpaired) electrons. The summed E-state index contributed by atoms with van der Waals surface area (Å²) in [5.74, 6) is 0. The van der Waals surface area contributed by atoms with Crippen LogP contribution in [0, 0.1) is 0 Å². The average Bonchev–Trinajstić information content (AvgIpc) is 2.42. The van der Waals surface area contributed by atoms with Crippen LogP contribution in [0.2, 0.25) is 0 Å². The molecule has 0 aliphatic rings. The molecule has 0 aliphatic carbocycles. The lowest BCUT2D eigenvalue weighted by Crippen LogP contribution is -2.29. The first-order valence-electron chi connectivity index (χ1n) is 7.11. The van der Waals surface area contributed by atoms with E-state index in [-0.39, 0.29) is 0 Å². The second-order valence-corrected chi connectivity index (χ2v) is 4.86. The van der Waals surface area contributed by atoms with Crippen molar-refractivity contribution in [2.75, 3.05) is 29.9 Å². The van der Waals surface area contributed by atoms with Crippen molar-refractivity contribution in [3.8, 4) is 0 Å². The minimum absolute atomic E-state index is 0.698. The van der Waals surface area contributed by atoms with Gasteiger partial charge in [0.15, 0.2) is 5.11 Å². The van der Waals surface area contributed by atoms with Crippen LogP contribution in [0.3, 0.4) is 0 Å². The van der Waals surface area contributed by atoms with E-state index in [0.29, 0.717) is 5.11 Å². The lowest BCUT2D eigenvalue weighted by molar-refractivity contribution is 0.758. The summed E-state index contributed by atoms with van der Waals surface area (Å²) in [5, 5.41) is 7.10. The van der Waals surface area contributed by atoms with Crippen LogP contribution >= 0.6 is 12.2 Å². The fourth-order valence-electron chi connectivity index (χ4n) is 1.90. The molecule has 3 nitrogen and oxygen atoms in total. The van der Waals surface area contributed by atoms with Crippen LogP contribution < -0.4 is 15.5 Å². The quantitative estimate of drug-likeness (QED) is 0.589. The van der Waals surface area contributed by atoms with Gasteiger partial charge in [-0.3, -0.25) is 0 Å². The van der Waals surface area contributed by atoms with Crippen molar-refractivity contribution in [2.24, 2.45) is 0 Å². The van der Waals surface area contributed by atoms with Gasteiger partial charge in [0.1, 0.15) is 0 Å². The van der Waals surface area contributed by atoms with Crippen LogP contribution in [0.1, 0.15) is 33.6 Å². The third kappa shape index (κ3) is 5.47. The topological polar surface area (TPSA) is 27.3 Å². The number of hydrogen-bond acceptors (Lipinski definition) is 2. The molecule has 1 aromatic carbocycles. The maximum absolute atomic E-state index is 5.25. The number of thiocarbonyl (C=S) groups is 1. The first kappa shape index (κ1) is 15.8. The van der Waals surface area contributed by atoms with E-state index in [9.17, 15) is 0 Å². The van der Waals surface area contributed by atoms with Gasteiger partial charge < -0.3 is 15.5 Å². The van der Waals surface area contributed by atoms with Gasteiger partial charge in [0, 0.05) is 31.0 Å². The van der Waals surface area contributed by atoms with E-state index in [0.717, 1.165) is 31.7 Å². The fraction of sp³-hybridized carbons (Fsp3) is 0.533. The Kier molecular flexibility index (Phi) is 7.26. The molecule has 0 fully saturated rings. The Hall–Kier alpha value is -1.29. The molecule has 0 spiro atoms. The Morgan fingerprint density at radius 1 is 1.11 bits per heavy atom. The van der Waals surface area contributed by atoms with Gasteiger partial charge in [0.25, 0.3) is 0 Å². The first-order valence-corrected chi connectivity index (χ1v) is 7.51. The molecular formula is C15H25N3S. The number of rotatable bonds is 7. The molecule has 0 aliphatic heterocycles. The molecule has 19 heavy (non-hydrogen) atoms. The van der Waals surface area contributed by atoms with Crippen molar-refractivity contribution in [3.05, 3.63) is 24.3 Å². The second-order valence-electron chi connectivity index (χ2n) is 4.45. The number of benzene rings is 1. The first-order chi connectivity index (χ1) is 9.21. The lowest BCUT2D eigenvalue weighted by atomic mass is 10.2. The van der Waals surface area contributed by atoms with Crippen LogP contribution in [0.25, 0.3) is 0 Å². The summed E-state index contributed by atoms with van der Waals surface area (Å²) in [4.78, 5) is 2.32. The Morgan fingerprint density at radius 2 is 1.74 bits per heavy atom. The third-order valence-corrected chi connectivity index (χ3v) is 3.32. The molecule has 106 valence electrons. The van der Waals surface area contributed by atoms with Gasteiger partial charge in [-0.1, -0.05) is 13.3 Å². The summed E-state index contributed by atoms with van der Waals surface area (Å²) in [7, 11) is 0. The molecule has 0 bridgehead atoms. The number of unbranched alkanes of at least 4 members (excludes halogenated alkanes) is 1. The maximum Gasteiger partial charge on any atom is 0.170 e. The molecule has 0 saturated heterocycles. The van der Waals surface area contributed by atoms with Gasteiger partial charge in [-0.25, -0.2) is 0 Å². The molecule has 0 atom stereocenters. The third-order valence-electron chi connectivity index (χ3n) is 3.07. The van der Waals surface area contributed by atoms with E-state index >= 15 is 0 Å². The molecule has 1 aromatic rings. The Bertz CT molecular complexity index is 371. The SMILES string of the molecule is CCCCNC(=S)Nc1ccc(N(CC)CC)cc1. The van der Waals surface area contributed by atoms with Crippen molar-refractivity contribution >= 4 is 28.7 Å². The minimum atomic E-state index is 0.698. The van der Waals surface area contributed by atoms with E-state index in [1.807, 2.05) is 0 Å². The van der Waals surface area contributed by atoms with Gasteiger partial charge in [-0.2, -0.15) is 0 Å². The summed E-state index contributed by atoms with van der Waals surface area (Å²) in [5.41, 5.74) is 2.28. The van der Waals surface area contributed by atoms with Crippen molar-refractivity contribution in [1.82, 2.24) is 5.32 Å². The Morgan fingerprint density at radius 3 is 2.26 bits per heavy atom. The smallest absolute Gasteiger partial charge is 0.170 e. The minimum Gasteiger partial charge on any atom is -0.372 e. The predicted octanol–water partition coefficient (Wildman–Crippen LogP) is 3.62. The molecule has 0 unspecified atom stereocenters. The number of nitrogens with one attached hydrogen (secondary N) is 2. The zero-order chi connectivity index (χ0) is 14.1. The van der Waals surface area contributed by atoms with Crippen molar-refractivity contribution in [1.29, 1.82) is 0 Å². The van der Waals surface area contributed by atoms with Crippen LogP contribution in [0.15, 0.2) is 24.3 Å². The molecule has 2 N–H and O–H groups in total. The van der Waals surface area contributed by atoms with Gasteiger partial charge in [-0.15, -0.1) is 0 Å². The van der Waals surface area contributed by atoms with E-state index in [2.05, 4.69) is 60.6 Å². The van der Waals surface area contributed by atoms with Crippen LogP contribution in [-0.4, -0.2) is 24.7 Å². The molecule has 0 aromatic heterocycles. The molecular weight excluding hydrogens is 254 g/mol.